The van der Waals surface area contributed by atoms with Crippen molar-refractivity contribution in [1.29, 1.82) is 0 Å². The number of carbonyl (C=O) groups is 2. The third-order valence-corrected chi connectivity index (χ3v) is 2.65. The van der Waals surface area contributed by atoms with Gasteiger partial charge in [0, 0.05) is 5.56 Å². The zero-order chi connectivity index (χ0) is 14.3. The van der Waals surface area contributed by atoms with E-state index in [1.54, 1.807) is 24.3 Å². The molecule has 0 spiro atoms. The number of carbonyl (C=O) groups excluding carboxylic acids is 1. The lowest BCUT2D eigenvalue weighted by atomic mass is 10.1. The molecule has 0 aliphatic rings. The molecule has 19 heavy (non-hydrogen) atoms. The molecule has 4 N–H and O–H groups in total. The van der Waals surface area contributed by atoms with E-state index < -0.39 is 17.9 Å². The Hall–Kier alpha value is -2.08. The Kier molecular flexibility index (Phi) is 5.81. The van der Waals surface area contributed by atoms with Crippen molar-refractivity contribution in [2.24, 2.45) is 5.73 Å². The van der Waals surface area contributed by atoms with Crippen molar-refractivity contribution < 1.29 is 19.4 Å². The highest BCUT2D eigenvalue weighted by Gasteiger charge is 2.19. The van der Waals surface area contributed by atoms with Crippen LogP contribution in [0.25, 0.3) is 0 Å². The molecular formula is C13H18N2O4. The fraction of sp³-hybridized carbons (Fsp3) is 0.385. The van der Waals surface area contributed by atoms with Crippen molar-refractivity contribution in [1.82, 2.24) is 5.32 Å². The van der Waals surface area contributed by atoms with Crippen molar-refractivity contribution in [3.8, 4) is 5.75 Å². The normalized spacial score (nSPS) is 11.7. The van der Waals surface area contributed by atoms with E-state index in [2.05, 4.69) is 5.32 Å². The Morgan fingerprint density at radius 1 is 1.37 bits per heavy atom. The van der Waals surface area contributed by atoms with E-state index in [0.717, 1.165) is 0 Å². The van der Waals surface area contributed by atoms with Gasteiger partial charge in [0.1, 0.15) is 11.8 Å². The maximum Gasteiger partial charge on any atom is 0.326 e. The first kappa shape index (κ1) is 15.0. The average molecular weight is 266 g/mol. The van der Waals surface area contributed by atoms with Crippen LogP contribution in [0, 0.1) is 0 Å². The number of hydrogen-bond donors (Lipinski definition) is 3. The molecule has 0 saturated heterocycles. The van der Waals surface area contributed by atoms with E-state index in [4.69, 9.17) is 15.6 Å². The molecule has 0 fully saturated rings. The predicted molar refractivity (Wildman–Crippen MR) is 70.2 cm³/mol. The summed E-state index contributed by atoms with van der Waals surface area (Å²) in [5, 5.41) is 11.5. The third kappa shape index (κ3) is 4.59. The summed E-state index contributed by atoms with van der Waals surface area (Å²) >= 11 is 0. The van der Waals surface area contributed by atoms with Gasteiger partial charge in [0.25, 0.3) is 5.91 Å². The summed E-state index contributed by atoms with van der Waals surface area (Å²) < 4.78 is 4.98. The Morgan fingerprint density at radius 2 is 2.00 bits per heavy atom. The number of aliphatic carboxylic acids is 1. The molecule has 0 aliphatic carbocycles. The van der Waals surface area contributed by atoms with Gasteiger partial charge in [-0.2, -0.15) is 0 Å². The predicted octanol–water partition coefficient (Wildman–Crippen LogP) is 0.617. The number of nitrogens with one attached hydrogen (secondary N) is 1. The zero-order valence-electron chi connectivity index (χ0n) is 10.8. The number of amides is 1. The third-order valence-electron chi connectivity index (χ3n) is 2.65. The Balaban J connectivity index is 2.67. The van der Waals surface area contributed by atoms with Crippen LogP contribution in [0.5, 0.6) is 5.75 Å². The fourth-order valence-corrected chi connectivity index (χ4v) is 1.56. The second-order valence-electron chi connectivity index (χ2n) is 4.02. The zero-order valence-corrected chi connectivity index (χ0v) is 10.8. The number of carboxylic acid groups (broad SMARTS) is 1. The molecule has 0 heterocycles. The molecule has 1 atom stereocenters. The van der Waals surface area contributed by atoms with E-state index in [-0.39, 0.29) is 0 Å². The summed E-state index contributed by atoms with van der Waals surface area (Å²) in [6.45, 7) is 0.391. The van der Waals surface area contributed by atoms with Gasteiger partial charge in [-0.25, -0.2) is 4.79 Å². The standard InChI is InChI=1S/C13H18N2O4/c1-19-10-6-4-9(5-7-10)12(16)15-11(13(17)18)3-2-8-14/h4-7,11H,2-3,8,14H2,1H3,(H,15,16)(H,17,18)/t11-/m0/s1. The lowest BCUT2D eigenvalue weighted by molar-refractivity contribution is -0.139. The quantitative estimate of drug-likeness (QED) is 0.671. The van der Waals surface area contributed by atoms with Gasteiger partial charge in [-0.3, -0.25) is 4.79 Å². The number of methoxy groups -OCH3 is 1. The summed E-state index contributed by atoms with van der Waals surface area (Å²) in [4.78, 5) is 22.9. The number of nitrogens with two attached hydrogens (primary N) is 1. The van der Waals surface area contributed by atoms with Gasteiger partial charge in [0.2, 0.25) is 0 Å². The van der Waals surface area contributed by atoms with Crippen LogP contribution in [0.4, 0.5) is 0 Å². The highest BCUT2D eigenvalue weighted by atomic mass is 16.5. The first-order valence-corrected chi connectivity index (χ1v) is 5.96. The highest BCUT2D eigenvalue weighted by molar-refractivity contribution is 5.96. The van der Waals surface area contributed by atoms with Crippen molar-refractivity contribution in [3.05, 3.63) is 29.8 Å². The summed E-state index contributed by atoms with van der Waals surface area (Å²) in [7, 11) is 1.53. The summed E-state index contributed by atoms with van der Waals surface area (Å²) in [6, 6.07) is 5.53. The fourth-order valence-electron chi connectivity index (χ4n) is 1.56. The van der Waals surface area contributed by atoms with E-state index in [1.807, 2.05) is 0 Å². The Labute approximate surface area is 111 Å². The van der Waals surface area contributed by atoms with Crippen molar-refractivity contribution in [3.63, 3.8) is 0 Å². The lowest BCUT2D eigenvalue weighted by Crippen LogP contribution is -2.41. The first-order chi connectivity index (χ1) is 9.08. The summed E-state index contributed by atoms with van der Waals surface area (Å²) in [5.41, 5.74) is 5.72. The molecule has 0 aliphatic heterocycles. The van der Waals surface area contributed by atoms with Crippen LogP contribution in [-0.4, -0.2) is 36.7 Å². The Bertz CT molecular complexity index is 431. The van der Waals surface area contributed by atoms with Crippen LogP contribution < -0.4 is 15.8 Å². The highest BCUT2D eigenvalue weighted by Crippen LogP contribution is 2.11. The molecule has 1 amide bonds. The summed E-state index contributed by atoms with van der Waals surface area (Å²) in [6.07, 6.45) is 0.855. The van der Waals surface area contributed by atoms with E-state index in [0.29, 0.717) is 30.7 Å². The minimum Gasteiger partial charge on any atom is -0.497 e. The maximum absolute atomic E-state index is 11.9. The second-order valence-corrected chi connectivity index (χ2v) is 4.02. The van der Waals surface area contributed by atoms with Gasteiger partial charge in [-0.1, -0.05) is 0 Å². The van der Waals surface area contributed by atoms with Gasteiger partial charge in [0.05, 0.1) is 7.11 Å². The molecule has 0 radical (unpaired) electrons. The van der Waals surface area contributed by atoms with E-state index in [9.17, 15) is 9.59 Å². The van der Waals surface area contributed by atoms with Gasteiger partial charge in [-0.15, -0.1) is 0 Å². The average Bonchev–Trinajstić information content (AvgIpc) is 2.43. The van der Waals surface area contributed by atoms with Gasteiger partial charge >= 0.3 is 5.97 Å². The topological polar surface area (TPSA) is 102 Å². The minimum atomic E-state index is -1.06. The van der Waals surface area contributed by atoms with Crippen LogP contribution in [0.3, 0.4) is 0 Å². The van der Waals surface area contributed by atoms with Crippen molar-refractivity contribution in [2.75, 3.05) is 13.7 Å². The SMILES string of the molecule is COc1ccc(C(=O)N[C@@H](CCCN)C(=O)O)cc1. The second kappa shape index (κ2) is 7.38. The molecule has 0 saturated carbocycles. The molecule has 0 unspecified atom stereocenters. The largest absolute Gasteiger partial charge is 0.497 e. The molecule has 104 valence electrons. The number of carboxylic acids is 1. The van der Waals surface area contributed by atoms with E-state index >= 15 is 0 Å². The minimum absolute atomic E-state index is 0.313. The van der Waals surface area contributed by atoms with Crippen LogP contribution >= 0.6 is 0 Å². The molecule has 1 aromatic carbocycles. The van der Waals surface area contributed by atoms with Crippen LogP contribution in [0.15, 0.2) is 24.3 Å². The Morgan fingerprint density at radius 3 is 2.47 bits per heavy atom. The number of ether oxygens (including phenoxy) is 1. The van der Waals surface area contributed by atoms with Crippen LogP contribution in [0.1, 0.15) is 23.2 Å². The van der Waals surface area contributed by atoms with Crippen LogP contribution in [-0.2, 0) is 4.79 Å². The van der Waals surface area contributed by atoms with Crippen molar-refractivity contribution >= 4 is 11.9 Å². The molecule has 6 nitrogen and oxygen atoms in total. The van der Waals surface area contributed by atoms with Crippen LogP contribution in [0.2, 0.25) is 0 Å². The molecule has 1 aromatic rings. The monoisotopic (exact) mass is 266 g/mol. The molecule has 0 bridgehead atoms. The van der Waals surface area contributed by atoms with E-state index in [1.165, 1.54) is 7.11 Å². The molecule has 6 heteroatoms. The van der Waals surface area contributed by atoms with Gasteiger partial charge in [-0.05, 0) is 43.7 Å². The van der Waals surface area contributed by atoms with Gasteiger partial charge < -0.3 is 20.9 Å². The molecule has 0 aromatic heterocycles. The maximum atomic E-state index is 11.9. The first-order valence-electron chi connectivity index (χ1n) is 5.96. The summed E-state index contributed by atoms with van der Waals surface area (Å²) in [5.74, 6) is -0.850. The smallest absolute Gasteiger partial charge is 0.326 e. The molecular weight excluding hydrogens is 248 g/mol. The lowest BCUT2D eigenvalue weighted by Gasteiger charge is -2.14. The number of benzene rings is 1. The van der Waals surface area contributed by atoms with Crippen molar-refractivity contribution in [2.45, 2.75) is 18.9 Å². The molecule has 1 rings (SSSR count). The number of hydrogen-bond acceptors (Lipinski definition) is 4. The van der Waals surface area contributed by atoms with Gasteiger partial charge in [0.15, 0.2) is 0 Å². The number of rotatable bonds is 7.